The van der Waals surface area contributed by atoms with Gasteiger partial charge < -0.3 is 10.1 Å². The van der Waals surface area contributed by atoms with E-state index in [1.165, 1.54) is 0 Å². The highest BCUT2D eigenvalue weighted by atomic mass is 19.3. The lowest BCUT2D eigenvalue weighted by atomic mass is 9.81. The van der Waals surface area contributed by atoms with Crippen LogP contribution >= 0.6 is 0 Å². The van der Waals surface area contributed by atoms with E-state index in [2.05, 4.69) is 10.1 Å². The second-order valence-corrected chi connectivity index (χ2v) is 3.23. The Kier molecular flexibility index (Phi) is 3.19. The molecule has 0 aromatic carbocycles. The van der Waals surface area contributed by atoms with E-state index in [1.54, 1.807) is 0 Å². The van der Waals surface area contributed by atoms with Crippen molar-refractivity contribution in [2.75, 3.05) is 20.2 Å². The Bertz CT molecular complexity index is 191. The van der Waals surface area contributed by atoms with E-state index < -0.39 is 17.8 Å². The first-order chi connectivity index (χ1) is 6.13. The number of rotatable bonds is 2. The smallest absolute Gasteiger partial charge is 0.318 e. The molecule has 0 bridgehead atoms. The molecule has 1 aliphatic heterocycles. The molecule has 0 spiro atoms. The summed E-state index contributed by atoms with van der Waals surface area (Å²) in [6.45, 7) is 0.697. The van der Waals surface area contributed by atoms with E-state index in [0.717, 1.165) is 7.11 Å². The largest absolute Gasteiger partial charge is 0.468 e. The lowest BCUT2D eigenvalue weighted by Crippen LogP contribution is -2.50. The van der Waals surface area contributed by atoms with E-state index in [9.17, 15) is 13.6 Å². The van der Waals surface area contributed by atoms with Crippen molar-refractivity contribution < 1.29 is 18.3 Å². The highest BCUT2D eigenvalue weighted by Crippen LogP contribution is 2.34. The van der Waals surface area contributed by atoms with E-state index in [0.29, 0.717) is 13.0 Å². The molecule has 1 unspecified atom stereocenters. The standard InChI is InChI=1S/C8H13F2NO2/c1-13-7(12)8(6(9)10)3-2-4-11-5-8/h6,11H,2-5H2,1H3. The summed E-state index contributed by atoms with van der Waals surface area (Å²) < 4.78 is 29.7. The minimum Gasteiger partial charge on any atom is -0.468 e. The Morgan fingerprint density at radius 2 is 2.31 bits per heavy atom. The zero-order chi connectivity index (χ0) is 9.90. The third kappa shape index (κ3) is 1.80. The van der Waals surface area contributed by atoms with Gasteiger partial charge in [0.2, 0.25) is 0 Å². The molecule has 0 amide bonds. The molecular formula is C8H13F2NO2. The molecule has 1 atom stereocenters. The molecule has 1 N–H and O–H groups in total. The zero-order valence-corrected chi connectivity index (χ0v) is 7.48. The summed E-state index contributed by atoms with van der Waals surface area (Å²) in [6, 6.07) is 0. The molecule has 5 heteroatoms. The van der Waals surface area contributed by atoms with Crippen LogP contribution in [0.15, 0.2) is 0 Å². The first-order valence-corrected chi connectivity index (χ1v) is 4.21. The highest BCUT2D eigenvalue weighted by molar-refractivity contribution is 5.77. The quantitative estimate of drug-likeness (QED) is 0.659. The average molecular weight is 193 g/mol. The van der Waals surface area contributed by atoms with E-state index in [-0.39, 0.29) is 13.0 Å². The molecule has 0 radical (unpaired) electrons. The van der Waals surface area contributed by atoms with Crippen LogP contribution in [-0.2, 0) is 9.53 Å². The fraction of sp³-hybridized carbons (Fsp3) is 0.875. The van der Waals surface area contributed by atoms with Crippen LogP contribution in [0.1, 0.15) is 12.8 Å². The van der Waals surface area contributed by atoms with Crippen LogP contribution in [0.2, 0.25) is 0 Å². The van der Waals surface area contributed by atoms with Gasteiger partial charge in [0.1, 0.15) is 5.41 Å². The van der Waals surface area contributed by atoms with Gasteiger partial charge in [0.15, 0.2) is 0 Å². The van der Waals surface area contributed by atoms with E-state index in [4.69, 9.17) is 0 Å². The minimum absolute atomic E-state index is 0.0112. The van der Waals surface area contributed by atoms with Gasteiger partial charge in [0, 0.05) is 6.54 Å². The number of ether oxygens (including phenoxy) is 1. The lowest BCUT2D eigenvalue weighted by Gasteiger charge is -2.33. The maximum Gasteiger partial charge on any atom is 0.318 e. The molecule has 1 rings (SSSR count). The van der Waals surface area contributed by atoms with Crippen molar-refractivity contribution in [1.29, 1.82) is 0 Å². The van der Waals surface area contributed by atoms with Gasteiger partial charge in [-0.15, -0.1) is 0 Å². The number of piperidine rings is 1. The molecule has 1 heterocycles. The number of alkyl halides is 2. The van der Waals surface area contributed by atoms with Gasteiger partial charge in [0.05, 0.1) is 7.11 Å². The number of carbonyl (C=O) groups excluding carboxylic acids is 1. The minimum atomic E-state index is -2.66. The topological polar surface area (TPSA) is 38.3 Å². The van der Waals surface area contributed by atoms with Gasteiger partial charge in [-0.25, -0.2) is 8.78 Å². The normalized spacial score (nSPS) is 28.9. The summed E-state index contributed by atoms with van der Waals surface area (Å²) in [5, 5.41) is 2.79. The number of carbonyl (C=O) groups is 1. The van der Waals surface area contributed by atoms with Crippen molar-refractivity contribution in [3.63, 3.8) is 0 Å². The predicted octanol–water partition coefficient (Wildman–Crippen LogP) is 0.794. The van der Waals surface area contributed by atoms with E-state index in [1.807, 2.05) is 0 Å². The first kappa shape index (κ1) is 10.4. The molecular weight excluding hydrogens is 180 g/mol. The van der Waals surface area contributed by atoms with Crippen LogP contribution in [0.4, 0.5) is 8.78 Å². The Hall–Kier alpha value is -0.710. The van der Waals surface area contributed by atoms with Crippen LogP contribution < -0.4 is 5.32 Å². The number of esters is 1. The number of methoxy groups -OCH3 is 1. The highest BCUT2D eigenvalue weighted by Gasteiger charge is 2.48. The Morgan fingerprint density at radius 1 is 1.62 bits per heavy atom. The van der Waals surface area contributed by atoms with Crippen LogP contribution in [0.3, 0.4) is 0 Å². The lowest BCUT2D eigenvalue weighted by molar-refractivity contribution is -0.165. The summed E-state index contributed by atoms with van der Waals surface area (Å²) in [5.41, 5.74) is -1.62. The Balaban J connectivity index is 2.79. The fourth-order valence-corrected chi connectivity index (χ4v) is 1.58. The van der Waals surface area contributed by atoms with Gasteiger partial charge in [-0.05, 0) is 19.4 Å². The summed E-state index contributed by atoms with van der Waals surface area (Å²) in [7, 11) is 1.14. The van der Waals surface area contributed by atoms with Gasteiger partial charge in [-0.3, -0.25) is 4.79 Å². The zero-order valence-electron chi connectivity index (χ0n) is 7.48. The van der Waals surface area contributed by atoms with Crippen LogP contribution in [0.25, 0.3) is 0 Å². The third-order valence-electron chi connectivity index (χ3n) is 2.43. The maximum absolute atomic E-state index is 12.7. The second kappa shape index (κ2) is 4.00. The van der Waals surface area contributed by atoms with Gasteiger partial charge in [0.25, 0.3) is 6.43 Å². The van der Waals surface area contributed by atoms with Crippen LogP contribution in [0, 0.1) is 5.41 Å². The molecule has 0 saturated carbocycles. The van der Waals surface area contributed by atoms with Crippen molar-refractivity contribution in [2.45, 2.75) is 19.3 Å². The first-order valence-electron chi connectivity index (χ1n) is 4.21. The molecule has 0 aromatic heterocycles. The van der Waals surface area contributed by atoms with Crippen molar-refractivity contribution in [1.82, 2.24) is 5.32 Å². The summed E-state index contributed by atoms with van der Waals surface area (Å²) in [6.07, 6.45) is -1.88. The predicted molar refractivity (Wildman–Crippen MR) is 42.6 cm³/mol. The fourth-order valence-electron chi connectivity index (χ4n) is 1.58. The van der Waals surface area contributed by atoms with Crippen molar-refractivity contribution >= 4 is 5.97 Å². The molecule has 1 aliphatic rings. The molecule has 76 valence electrons. The molecule has 3 nitrogen and oxygen atoms in total. The van der Waals surface area contributed by atoms with Crippen LogP contribution in [0.5, 0.6) is 0 Å². The van der Waals surface area contributed by atoms with Crippen molar-refractivity contribution in [2.24, 2.45) is 5.41 Å². The van der Waals surface area contributed by atoms with Crippen molar-refractivity contribution in [3.8, 4) is 0 Å². The van der Waals surface area contributed by atoms with Gasteiger partial charge >= 0.3 is 5.97 Å². The SMILES string of the molecule is COC(=O)C1(C(F)F)CCCNC1. The Labute approximate surface area is 75.4 Å². The Morgan fingerprint density at radius 3 is 2.69 bits per heavy atom. The third-order valence-corrected chi connectivity index (χ3v) is 2.43. The summed E-state index contributed by atoms with van der Waals surface area (Å²) in [4.78, 5) is 11.2. The second-order valence-electron chi connectivity index (χ2n) is 3.23. The van der Waals surface area contributed by atoms with Crippen molar-refractivity contribution in [3.05, 3.63) is 0 Å². The van der Waals surface area contributed by atoms with E-state index >= 15 is 0 Å². The summed E-state index contributed by atoms with van der Waals surface area (Å²) in [5.74, 6) is -0.810. The average Bonchev–Trinajstić information content (AvgIpc) is 2.17. The van der Waals surface area contributed by atoms with Crippen LogP contribution in [-0.4, -0.2) is 32.6 Å². The molecule has 1 fully saturated rings. The van der Waals surface area contributed by atoms with Gasteiger partial charge in [-0.2, -0.15) is 0 Å². The maximum atomic E-state index is 12.7. The summed E-state index contributed by atoms with van der Waals surface area (Å²) >= 11 is 0. The number of halogens is 2. The molecule has 0 aromatic rings. The molecule has 0 aliphatic carbocycles. The molecule has 13 heavy (non-hydrogen) atoms. The number of hydrogen-bond donors (Lipinski definition) is 1. The molecule has 1 saturated heterocycles. The number of nitrogens with one attached hydrogen (secondary N) is 1. The van der Waals surface area contributed by atoms with Gasteiger partial charge in [-0.1, -0.05) is 0 Å². The number of hydrogen-bond acceptors (Lipinski definition) is 3. The monoisotopic (exact) mass is 193 g/mol.